The smallest absolute Gasteiger partial charge is 0.164 e. The Balaban J connectivity index is 1.23. The molecular formula is C52H33N3O. The number of para-hydroxylation sites is 1. The summed E-state index contributed by atoms with van der Waals surface area (Å²) in [5.74, 6) is 1.80. The molecule has 0 saturated carbocycles. The van der Waals surface area contributed by atoms with E-state index < -0.39 is 5.41 Å². The van der Waals surface area contributed by atoms with Crippen LogP contribution in [0, 0.1) is 0 Å². The maximum atomic E-state index is 6.36. The summed E-state index contributed by atoms with van der Waals surface area (Å²) in [5.41, 5.74) is 13.1. The maximum Gasteiger partial charge on any atom is 0.164 e. The zero-order chi connectivity index (χ0) is 37.1. The first-order valence-corrected chi connectivity index (χ1v) is 18.9. The summed E-state index contributed by atoms with van der Waals surface area (Å²) < 4.78 is 6.36. The molecule has 0 fully saturated rings. The van der Waals surface area contributed by atoms with E-state index in [1.807, 2.05) is 36.4 Å². The molecule has 8 aromatic carbocycles. The van der Waals surface area contributed by atoms with E-state index in [2.05, 4.69) is 164 Å². The fraction of sp³-hybridized carbons (Fsp3) is 0.0192. The van der Waals surface area contributed by atoms with E-state index in [-0.39, 0.29) is 0 Å². The zero-order valence-corrected chi connectivity index (χ0v) is 30.3. The van der Waals surface area contributed by atoms with Gasteiger partial charge in [-0.15, -0.1) is 0 Å². The molecule has 10 aromatic rings. The van der Waals surface area contributed by atoms with Crippen LogP contribution in [-0.2, 0) is 5.41 Å². The summed E-state index contributed by atoms with van der Waals surface area (Å²) in [6.07, 6.45) is 0. The first kappa shape index (κ1) is 32.0. The van der Waals surface area contributed by atoms with Crippen LogP contribution in [-0.4, -0.2) is 15.0 Å². The van der Waals surface area contributed by atoms with E-state index >= 15 is 0 Å². The Morgan fingerprint density at radius 2 is 0.875 bits per heavy atom. The molecule has 2 aromatic heterocycles. The lowest BCUT2D eigenvalue weighted by Gasteiger charge is -2.35. The third-order valence-corrected chi connectivity index (χ3v) is 11.2. The van der Waals surface area contributed by atoms with Gasteiger partial charge in [0.05, 0.1) is 5.41 Å². The molecule has 4 heteroatoms. The van der Waals surface area contributed by atoms with Crippen molar-refractivity contribution in [3.05, 3.63) is 222 Å². The number of aromatic nitrogens is 3. The molecule has 0 N–H and O–H groups in total. The first-order valence-electron chi connectivity index (χ1n) is 18.9. The number of furan rings is 1. The summed E-state index contributed by atoms with van der Waals surface area (Å²) in [4.78, 5) is 16.2. The second-order valence-corrected chi connectivity index (χ2v) is 14.3. The summed E-state index contributed by atoms with van der Waals surface area (Å²) in [5, 5.41) is 2.01. The Morgan fingerprint density at radius 1 is 0.357 bits per heavy atom. The van der Waals surface area contributed by atoms with Gasteiger partial charge in [-0.1, -0.05) is 182 Å². The van der Waals surface area contributed by atoms with Gasteiger partial charge in [-0.2, -0.15) is 0 Å². The second kappa shape index (κ2) is 12.9. The van der Waals surface area contributed by atoms with Gasteiger partial charge in [-0.05, 0) is 62.7 Å². The largest absolute Gasteiger partial charge is 0.456 e. The fourth-order valence-electron chi connectivity index (χ4n) is 8.86. The standard InChI is InChI=1S/C52H33N3O/c1-4-17-34(18-5-1)35-19-14-20-36(33-35)49-53-50(42-28-16-32-46-47(42)41-26-11-13-31-45(41)56-46)55-51(54-49)43-29-15-27-40-39-25-10-12-30-44(39)52(48(40)43,37-21-6-2-7-22-37)38-23-8-3-9-24-38/h1-33H. The van der Waals surface area contributed by atoms with Gasteiger partial charge in [-0.3, -0.25) is 0 Å². The van der Waals surface area contributed by atoms with Gasteiger partial charge in [0.2, 0.25) is 0 Å². The lowest BCUT2D eigenvalue weighted by molar-refractivity contribution is 0.669. The highest BCUT2D eigenvalue weighted by Gasteiger charge is 2.47. The van der Waals surface area contributed by atoms with E-state index in [0.717, 1.165) is 55.3 Å². The molecule has 0 amide bonds. The summed E-state index contributed by atoms with van der Waals surface area (Å²) >= 11 is 0. The average molecular weight is 716 g/mol. The Bertz CT molecular complexity index is 3040. The zero-order valence-electron chi connectivity index (χ0n) is 30.3. The van der Waals surface area contributed by atoms with Crippen LogP contribution in [0.25, 0.3) is 78.4 Å². The third-order valence-electron chi connectivity index (χ3n) is 11.2. The average Bonchev–Trinajstić information content (AvgIpc) is 3.82. The van der Waals surface area contributed by atoms with Crippen LogP contribution in [0.2, 0.25) is 0 Å². The van der Waals surface area contributed by atoms with E-state index in [4.69, 9.17) is 19.4 Å². The lowest BCUT2D eigenvalue weighted by Crippen LogP contribution is -2.29. The van der Waals surface area contributed by atoms with Crippen LogP contribution >= 0.6 is 0 Å². The molecule has 4 nitrogen and oxygen atoms in total. The quantitative estimate of drug-likeness (QED) is 0.172. The molecular weight excluding hydrogens is 683 g/mol. The molecule has 0 saturated heterocycles. The highest BCUT2D eigenvalue weighted by atomic mass is 16.3. The Morgan fingerprint density at radius 3 is 1.66 bits per heavy atom. The molecule has 11 rings (SSSR count). The highest BCUT2D eigenvalue weighted by Crippen LogP contribution is 2.58. The van der Waals surface area contributed by atoms with E-state index in [1.165, 1.54) is 27.8 Å². The van der Waals surface area contributed by atoms with Crippen LogP contribution in [0.1, 0.15) is 22.3 Å². The molecule has 0 aliphatic heterocycles. The molecule has 0 atom stereocenters. The minimum absolute atomic E-state index is 0.588. The molecule has 1 aliphatic carbocycles. The van der Waals surface area contributed by atoms with Crippen LogP contribution in [0.4, 0.5) is 0 Å². The molecule has 0 bridgehead atoms. The fourth-order valence-corrected chi connectivity index (χ4v) is 8.86. The van der Waals surface area contributed by atoms with Gasteiger partial charge in [-0.25, -0.2) is 15.0 Å². The Kier molecular flexibility index (Phi) is 7.36. The maximum absolute atomic E-state index is 6.36. The van der Waals surface area contributed by atoms with Crippen LogP contribution < -0.4 is 0 Å². The SMILES string of the molecule is c1ccc(-c2cccc(-c3nc(-c4cccc5c4C(c4ccccc4)(c4ccccc4)c4ccccc4-5)nc(-c4cccc5oc6ccccc6c45)n3)c2)cc1. The van der Waals surface area contributed by atoms with Gasteiger partial charge >= 0.3 is 0 Å². The number of rotatable bonds is 6. The van der Waals surface area contributed by atoms with Crippen LogP contribution in [0.3, 0.4) is 0 Å². The molecule has 2 heterocycles. The van der Waals surface area contributed by atoms with Gasteiger partial charge in [0.25, 0.3) is 0 Å². The van der Waals surface area contributed by atoms with E-state index in [0.29, 0.717) is 17.5 Å². The molecule has 0 radical (unpaired) electrons. The molecule has 1 aliphatic rings. The number of hydrogen-bond acceptors (Lipinski definition) is 4. The predicted molar refractivity (Wildman–Crippen MR) is 226 cm³/mol. The van der Waals surface area contributed by atoms with Crippen molar-refractivity contribution < 1.29 is 4.42 Å². The summed E-state index contributed by atoms with van der Waals surface area (Å²) in [7, 11) is 0. The van der Waals surface area contributed by atoms with Crippen molar-refractivity contribution in [2.75, 3.05) is 0 Å². The summed E-state index contributed by atoms with van der Waals surface area (Å²) in [6, 6.07) is 70.3. The minimum Gasteiger partial charge on any atom is -0.456 e. The normalized spacial score (nSPS) is 12.8. The van der Waals surface area contributed by atoms with Gasteiger partial charge in [0.15, 0.2) is 17.5 Å². The molecule has 0 unspecified atom stereocenters. The van der Waals surface area contributed by atoms with Gasteiger partial charge < -0.3 is 4.42 Å². The highest BCUT2D eigenvalue weighted by molar-refractivity contribution is 6.11. The number of hydrogen-bond donors (Lipinski definition) is 0. The van der Waals surface area contributed by atoms with Crippen molar-refractivity contribution >= 4 is 21.9 Å². The number of benzene rings is 8. The number of nitrogens with zero attached hydrogens (tertiary/aromatic N) is 3. The number of fused-ring (bicyclic) bond motifs is 6. The van der Waals surface area contributed by atoms with Crippen molar-refractivity contribution in [3.63, 3.8) is 0 Å². The topological polar surface area (TPSA) is 51.8 Å². The van der Waals surface area contributed by atoms with Gasteiger partial charge in [0.1, 0.15) is 11.2 Å². The van der Waals surface area contributed by atoms with Crippen LogP contribution in [0.15, 0.2) is 205 Å². The first-order chi connectivity index (χ1) is 27.8. The van der Waals surface area contributed by atoms with Crippen molar-refractivity contribution in [2.45, 2.75) is 5.41 Å². The minimum atomic E-state index is -0.633. The second-order valence-electron chi connectivity index (χ2n) is 14.3. The predicted octanol–water partition coefficient (Wildman–Crippen LogP) is 12.8. The van der Waals surface area contributed by atoms with Crippen molar-refractivity contribution in [1.29, 1.82) is 0 Å². The Hall–Kier alpha value is -7.43. The van der Waals surface area contributed by atoms with Crippen LogP contribution in [0.5, 0.6) is 0 Å². The lowest BCUT2D eigenvalue weighted by atomic mass is 9.66. The summed E-state index contributed by atoms with van der Waals surface area (Å²) in [6.45, 7) is 0. The monoisotopic (exact) mass is 715 g/mol. The Labute approximate surface area is 324 Å². The van der Waals surface area contributed by atoms with Crippen molar-refractivity contribution in [1.82, 2.24) is 15.0 Å². The third kappa shape index (κ3) is 4.89. The molecule has 56 heavy (non-hydrogen) atoms. The van der Waals surface area contributed by atoms with Crippen molar-refractivity contribution in [2.24, 2.45) is 0 Å². The van der Waals surface area contributed by atoms with E-state index in [9.17, 15) is 0 Å². The van der Waals surface area contributed by atoms with Gasteiger partial charge in [0, 0.05) is 27.5 Å². The molecule has 262 valence electrons. The van der Waals surface area contributed by atoms with Crippen molar-refractivity contribution in [3.8, 4) is 56.4 Å². The molecule has 0 spiro atoms. The van der Waals surface area contributed by atoms with E-state index in [1.54, 1.807) is 0 Å².